The number of hydrogen-bond donors (Lipinski definition) is 2. The van der Waals surface area contributed by atoms with Gasteiger partial charge in [-0.3, -0.25) is 10.1 Å². The minimum absolute atomic E-state index is 0.149. The highest BCUT2D eigenvalue weighted by Crippen LogP contribution is 2.39. The standard InChI is InChI=1S/C19H30BN3O5S/c1-12(24)21-10-13(20-27-18(5,6)19(7,8)28-20)9-14-11-22-15(29-14)23-16(25)26-17(2,3)4/h9,11H,10H2,1-8H3,(H,21,24)(H,22,23,25). The van der Waals surface area contributed by atoms with Gasteiger partial charge in [0, 0.05) is 24.5 Å². The van der Waals surface area contributed by atoms with Crippen LogP contribution in [0.5, 0.6) is 0 Å². The molecule has 2 amide bonds. The van der Waals surface area contributed by atoms with Gasteiger partial charge in [-0.05, 0) is 60.0 Å². The first-order chi connectivity index (χ1) is 13.2. The van der Waals surface area contributed by atoms with Crippen LogP contribution in [-0.2, 0) is 18.8 Å². The van der Waals surface area contributed by atoms with E-state index in [4.69, 9.17) is 14.0 Å². The number of aromatic nitrogens is 1. The molecule has 1 aromatic rings. The van der Waals surface area contributed by atoms with E-state index in [0.717, 1.165) is 10.3 Å². The molecule has 0 atom stereocenters. The van der Waals surface area contributed by atoms with Crippen molar-refractivity contribution in [2.75, 3.05) is 11.9 Å². The lowest BCUT2D eigenvalue weighted by Gasteiger charge is -2.32. The van der Waals surface area contributed by atoms with E-state index in [9.17, 15) is 9.59 Å². The molecule has 2 rings (SSSR count). The summed E-state index contributed by atoms with van der Waals surface area (Å²) < 4.78 is 17.5. The number of nitrogens with one attached hydrogen (secondary N) is 2. The van der Waals surface area contributed by atoms with E-state index in [1.807, 2.05) is 33.8 Å². The highest BCUT2D eigenvalue weighted by atomic mass is 32.1. The summed E-state index contributed by atoms with van der Waals surface area (Å²) in [5, 5.41) is 5.83. The number of carbonyl (C=O) groups is 2. The van der Waals surface area contributed by atoms with Crippen molar-refractivity contribution in [3.63, 3.8) is 0 Å². The number of thiazole rings is 1. The Morgan fingerprint density at radius 3 is 2.34 bits per heavy atom. The van der Waals surface area contributed by atoms with E-state index in [0.29, 0.717) is 5.13 Å². The maximum Gasteiger partial charge on any atom is 0.492 e. The molecule has 1 aliphatic heterocycles. The summed E-state index contributed by atoms with van der Waals surface area (Å²) in [6, 6.07) is 0. The smallest absolute Gasteiger partial charge is 0.444 e. The number of nitrogens with zero attached hydrogens (tertiary/aromatic N) is 1. The number of rotatable bonds is 5. The van der Waals surface area contributed by atoms with Crippen LogP contribution in [0.1, 0.15) is 60.3 Å². The summed E-state index contributed by atoms with van der Waals surface area (Å²) in [4.78, 5) is 28.3. The Balaban J connectivity index is 2.18. The largest absolute Gasteiger partial charge is 0.492 e. The van der Waals surface area contributed by atoms with Gasteiger partial charge < -0.3 is 19.4 Å². The van der Waals surface area contributed by atoms with Crippen molar-refractivity contribution in [3.8, 4) is 0 Å². The molecule has 0 saturated carbocycles. The maximum atomic E-state index is 11.9. The Morgan fingerprint density at radius 2 is 1.83 bits per heavy atom. The fraction of sp³-hybridized carbons (Fsp3) is 0.632. The van der Waals surface area contributed by atoms with Gasteiger partial charge in [-0.2, -0.15) is 0 Å². The summed E-state index contributed by atoms with van der Waals surface area (Å²) in [6.45, 7) is 15.0. The van der Waals surface area contributed by atoms with Crippen LogP contribution in [0.15, 0.2) is 11.7 Å². The summed E-state index contributed by atoms with van der Waals surface area (Å²) in [5.74, 6) is -0.149. The topological polar surface area (TPSA) is 98.8 Å². The molecule has 29 heavy (non-hydrogen) atoms. The lowest BCUT2D eigenvalue weighted by molar-refractivity contribution is -0.118. The summed E-state index contributed by atoms with van der Waals surface area (Å²) in [7, 11) is -0.601. The predicted molar refractivity (Wildman–Crippen MR) is 115 cm³/mol. The minimum atomic E-state index is -0.601. The number of anilines is 1. The molecule has 1 aromatic heterocycles. The zero-order valence-corrected chi connectivity index (χ0v) is 19.2. The molecule has 1 saturated heterocycles. The molecule has 0 bridgehead atoms. The second-order valence-electron chi connectivity index (χ2n) is 8.91. The quantitative estimate of drug-likeness (QED) is 0.702. The van der Waals surface area contributed by atoms with Crippen molar-refractivity contribution in [2.24, 2.45) is 0 Å². The molecule has 1 fully saturated rings. The van der Waals surface area contributed by atoms with Crippen molar-refractivity contribution < 1.29 is 23.6 Å². The monoisotopic (exact) mass is 423 g/mol. The summed E-state index contributed by atoms with van der Waals surface area (Å²) in [6.07, 6.45) is 2.93. The van der Waals surface area contributed by atoms with Gasteiger partial charge in [0.1, 0.15) is 5.60 Å². The Hall–Kier alpha value is -1.91. The number of amides is 2. The predicted octanol–water partition coefficient (Wildman–Crippen LogP) is 3.64. The van der Waals surface area contributed by atoms with Crippen LogP contribution in [0.4, 0.5) is 9.93 Å². The van der Waals surface area contributed by atoms with Crippen LogP contribution in [0.2, 0.25) is 0 Å². The molecule has 0 aliphatic carbocycles. The Morgan fingerprint density at radius 1 is 1.24 bits per heavy atom. The molecule has 10 heteroatoms. The van der Waals surface area contributed by atoms with E-state index >= 15 is 0 Å². The molecular formula is C19H30BN3O5S. The van der Waals surface area contributed by atoms with E-state index < -0.39 is 30.0 Å². The zero-order chi connectivity index (χ0) is 22.0. The number of hydrogen-bond acceptors (Lipinski definition) is 7. The van der Waals surface area contributed by atoms with E-state index in [1.54, 1.807) is 27.0 Å². The average Bonchev–Trinajstić information content (AvgIpc) is 3.03. The Labute approximate surface area is 176 Å². The van der Waals surface area contributed by atoms with Gasteiger partial charge in [-0.15, -0.1) is 0 Å². The first-order valence-corrected chi connectivity index (χ1v) is 10.3. The van der Waals surface area contributed by atoms with Crippen molar-refractivity contribution in [1.82, 2.24) is 10.3 Å². The van der Waals surface area contributed by atoms with E-state index in [2.05, 4.69) is 15.6 Å². The lowest BCUT2D eigenvalue weighted by Crippen LogP contribution is -2.41. The number of ether oxygens (including phenoxy) is 1. The van der Waals surface area contributed by atoms with Gasteiger partial charge in [0.2, 0.25) is 5.91 Å². The van der Waals surface area contributed by atoms with Crippen LogP contribution >= 0.6 is 11.3 Å². The zero-order valence-electron chi connectivity index (χ0n) is 18.3. The van der Waals surface area contributed by atoms with E-state index in [-0.39, 0.29) is 12.5 Å². The third-order valence-electron chi connectivity index (χ3n) is 4.56. The van der Waals surface area contributed by atoms with Crippen LogP contribution in [0, 0.1) is 0 Å². The molecule has 2 heterocycles. The minimum Gasteiger partial charge on any atom is -0.444 e. The second kappa shape index (κ2) is 8.45. The van der Waals surface area contributed by atoms with Crippen molar-refractivity contribution in [1.29, 1.82) is 0 Å². The first kappa shape index (κ1) is 23.4. The SMILES string of the molecule is CC(=O)NCC(=Cc1cnc(NC(=O)OC(C)(C)C)s1)B1OC(C)(C)C(C)(C)O1. The average molecular weight is 423 g/mol. The van der Waals surface area contributed by atoms with E-state index in [1.165, 1.54) is 18.3 Å². The number of carbonyl (C=O) groups excluding carboxylic acids is 2. The van der Waals surface area contributed by atoms with Gasteiger partial charge in [-0.1, -0.05) is 11.3 Å². The fourth-order valence-electron chi connectivity index (χ4n) is 2.41. The van der Waals surface area contributed by atoms with Gasteiger partial charge in [0.15, 0.2) is 5.13 Å². The molecule has 8 nitrogen and oxygen atoms in total. The molecule has 0 radical (unpaired) electrons. The lowest BCUT2D eigenvalue weighted by atomic mass is 9.77. The van der Waals surface area contributed by atoms with Gasteiger partial charge in [-0.25, -0.2) is 9.78 Å². The molecule has 0 aromatic carbocycles. The van der Waals surface area contributed by atoms with Gasteiger partial charge >= 0.3 is 13.2 Å². The molecule has 0 spiro atoms. The fourth-order valence-corrected chi connectivity index (χ4v) is 3.19. The van der Waals surface area contributed by atoms with Crippen LogP contribution < -0.4 is 10.6 Å². The Bertz CT molecular complexity index is 782. The summed E-state index contributed by atoms with van der Waals surface area (Å²) >= 11 is 1.29. The van der Waals surface area contributed by atoms with Crippen LogP contribution in [0.25, 0.3) is 6.08 Å². The molecular weight excluding hydrogens is 393 g/mol. The highest BCUT2D eigenvalue weighted by Gasteiger charge is 2.52. The van der Waals surface area contributed by atoms with Crippen molar-refractivity contribution >= 4 is 41.7 Å². The Kier molecular flexibility index (Phi) is 6.81. The summed E-state index contributed by atoms with van der Waals surface area (Å²) in [5.41, 5.74) is -0.827. The maximum absolute atomic E-state index is 11.9. The molecule has 160 valence electrons. The normalized spacial score (nSPS) is 18.5. The van der Waals surface area contributed by atoms with Crippen LogP contribution in [-0.4, -0.2) is 47.5 Å². The van der Waals surface area contributed by atoms with Crippen molar-refractivity contribution in [3.05, 3.63) is 16.5 Å². The third kappa shape index (κ3) is 6.55. The molecule has 0 unspecified atom stereocenters. The van der Waals surface area contributed by atoms with Gasteiger partial charge in [0.25, 0.3) is 0 Å². The third-order valence-corrected chi connectivity index (χ3v) is 5.42. The molecule has 1 aliphatic rings. The second-order valence-corrected chi connectivity index (χ2v) is 9.97. The molecule has 2 N–H and O–H groups in total. The highest BCUT2D eigenvalue weighted by molar-refractivity contribution is 7.16. The van der Waals surface area contributed by atoms with Crippen molar-refractivity contribution in [2.45, 2.75) is 72.2 Å². The first-order valence-electron chi connectivity index (χ1n) is 9.45. The van der Waals surface area contributed by atoms with Gasteiger partial charge in [0.05, 0.1) is 11.2 Å². The van der Waals surface area contributed by atoms with Crippen LogP contribution in [0.3, 0.4) is 0 Å².